The Balaban J connectivity index is 1.76. The lowest BCUT2D eigenvalue weighted by molar-refractivity contribution is 0.0323. The summed E-state index contributed by atoms with van der Waals surface area (Å²) in [6.07, 6.45) is 0. The summed E-state index contributed by atoms with van der Waals surface area (Å²) in [4.78, 5) is 2.13. The summed E-state index contributed by atoms with van der Waals surface area (Å²) in [6, 6.07) is 10.0. The smallest absolute Gasteiger partial charge is 0.294 e. The molecule has 0 aliphatic carbocycles. The van der Waals surface area contributed by atoms with E-state index in [1.165, 1.54) is 12.1 Å². The minimum atomic E-state index is -4.23. The fourth-order valence-corrected chi connectivity index (χ4v) is 3.13. The lowest BCUT2D eigenvalue weighted by Gasteiger charge is -2.26. The SMILES string of the molecule is O=S(=O)(O)c1ccc2cccc(OCCN3CCOCC3)c2c1. The molecule has 0 saturated carbocycles. The van der Waals surface area contributed by atoms with E-state index in [4.69, 9.17) is 9.47 Å². The van der Waals surface area contributed by atoms with E-state index in [2.05, 4.69) is 4.90 Å². The molecule has 3 rings (SSSR count). The highest BCUT2D eigenvalue weighted by molar-refractivity contribution is 7.85. The Labute approximate surface area is 135 Å². The van der Waals surface area contributed by atoms with Crippen molar-refractivity contribution in [3.8, 4) is 5.75 Å². The topological polar surface area (TPSA) is 76.1 Å². The Kier molecular flexibility index (Phi) is 4.82. The summed E-state index contributed by atoms with van der Waals surface area (Å²) in [5, 5.41) is 1.53. The second kappa shape index (κ2) is 6.84. The van der Waals surface area contributed by atoms with E-state index in [0.717, 1.165) is 38.2 Å². The van der Waals surface area contributed by atoms with Crippen LogP contribution in [0.25, 0.3) is 10.8 Å². The van der Waals surface area contributed by atoms with Crippen molar-refractivity contribution < 1.29 is 22.4 Å². The molecule has 0 aromatic heterocycles. The summed E-state index contributed by atoms with van der Waals surface area (Å²) in [6.45, 7) is 4.57. The van der Waals surface area contributed by atoms with Crippen LogP contribution in [0.1, 0.15) is 0 Å². The maximum Gasteiger partial charge on any atom is 0.294 e. The number of hydrogen-bond donors (Lipinski definition) is 1. The predicted octanol–water partition coefficient (Wildman–Crippen LogP) is 1.80. The molecular weight excluding hydrogens is 318 g/mol. The van der Waals surface area contributed by atoms with Crippen LogP contribution in [0.4, 0.5) is 0 Å². The van der Waals surface area contributed by atoms with Crippen LogP contribution < -0.4 is 4.74 Å². The molecule has 1 aliphatic heterocycles. The van der Waals surface area contributed by atoms with Gasteiger partial charge in [-0.25, -0.2) is 0 Å². The molecule has 6 nitrogen and oxygen atoms in total. The summed E-state index contributed by atoms with van der Waals surface area (Å²) in [5.41, 5.74) is 0. The Hall–Kier alpha value is -1.67. The first-order chi connectivity index (χ1) is 11.0. The second-order valence-corrected chi connectivity index (χ2v) is 6.84. The van der Waals surface area contributed by atoms with Gasteiger partial charge in [-0.1, -0.05) is 18.2 Å². The fourth-order valence-electron chi connectivity index (χ4n) is 2.62. The first kappa shape index (κ1) is 16.2. The molecule has 0 spiro atoms. The van der Waals surface area contributed by atoms with Crippen LogP contribution in [-0.4, -0.2) is 57.3 Å². The average Bonchev–Trinajstić information content (AvgIpc) is 2.55. The van der Waals surface area contributed by atoms with Crippen molar-refractivity contribution in [3.63, 3.8) is 0 Å². The van der Waals surface area contributed by atoms with Gasteiger partial charge in [-0.15, -0.1) is 0 Å². The Morgan fingerprint density at radius 1 is 1.17 bits per heavy atom. The highest BCUT2D eigenvalue weighted by Crippen LogP contribution is 2.28. The number of nitrogens with zero attached hydrogens (tertiary/aromatic N) is 1. The van der Waals surface area contributed by atoms with Gasteiger partial charge in [0.25, 0.3) is 10.1 Å². The second-order valence-electron chi connectivity index (χ2n) is 5.42. The van der Waals surface area contributed by atoms with Crippen molar-refractivity contribution in [1.29, 1.82) is 0 Å². The Morgan fingerprint density at radius 3 is 2.70 bits per heavy atom. The number of rotatable bonds is 5. The maximum absolute atomic E-state index is 11.3. The summed E-state index contributed by atoms with van der Waals surface area (Å²) in [7, 11) is -4.23. The molecule has 0 unspecified atom stereocenters. The highest BCUT2D eigenvalue weighted by atomic mass is 32.2. The highest BCUT2D eigenvalue weighted by Gasteiger charge is 2.13. The largest absolute Gasteiger partial charge is 0.492 e. The van der Waals surface area contributed by atoms with Gasteiger partial charge in [-0.05, 0) is 23.6 Å². The third-order valence-corrected chi connectivity index (χ3v) is 4.73. The van der Waals surface area contributed by atoms with Crippen molar-refractivity contribution in [1.82, 2.24) is 4.90 Å². The quantitative estimate of drug-likeness (QED) is 0.839. The molecule has 23 heavy (non-hydrogen) atoms. The molecule has 0 radical (unpaired) electrons. The van der Waals surface area contributed by atoms with Crippen molar-refractivity contribution in [3.05, 3.63) is 36.4 Å². The molecule has 0 atom stereocenters. The van der Waals surface area contributed by atoms with Crippen LogP contribution in [0.3, 0.4) is 0 Å². The number of ether oxygens (including phenoxy) is 2. The van der Waals surface area contributed by atoms with Crippen LogP contribution >= 0.6 is 0 Å². The lowest BCUT2D eigenvalue weighted by Crippen LogP contribution is -2.38. The molecule has 1 fully saturated rings. The van der Waals surface area contributed by atoms with Crippen molar-refractivity contribution in [2.45, 2.75) is 4.90 Å². The van der Waals surface area contributed by atoms with Crippen molar-refractivity contribution in [2.75, 3.05) is 39.5 Å². The van der Waals surface area contributed by atoms with E-state index in [9.17, 15) is 13.0 Å². The van der Waals surface area contributed by atoms with E-state index in [0.29, 0.717) is 17.7 Å². The molecule has 2 aromatic rings. The van der Waals surface area contributed by atoms with Gasteiger partial charge in [0.1, 0.15) is 12.4 Å². The Bertz CT molecular complexity index is 784. The number of hydrogen-bond acceptors (Lipinski definition) is 5. The summed E-state index contributed by atoms with van der Waals surface area (Å²) >= 11 is 0. The summed E-state index contributed by atoms with van der Waals surface area (Å²) in [5.74, 6) is 0.612. The molecule has 0 amide bonds. The maximum atomic E-state index is 11.3. The first-order valence-corrected chi connectivity index (χ1v) is 8.91. The molecule has 124 valence electrons. The molecule has 7 heteroatoms. The van der Waals surface area contributed by atoms with Gasteiger partial charge in [0.2, 0.25) is 0 Å². The van der Waals surface area contributed by atoms with Gasteiger partial charge in [0.05, 0.1) is 18.1 Å². The minimum absolute atomic E-state index is 0.130. The molecule has 2 aromatic carbocycles. The van der Waals surface area contributed by atoms with Gasteiger partial charge in [-0.2, -0.15) is 8.42 Å². The fraction of sp³-hybridized carbons (Fsp3) is 0.375. The third-order valence-electron chi connectivity index (χ3n) is 3.88. The van der Waals surface area contributed by atoms with E-state index < -0.39 is 10.1 Å². The van der Waals surface area contributed by atoms with Crippen LogP contribution in [-0.2, 0) is 14.9 Å². The van der Waals surface area contributed by atoms with Gasteiger partial charge in [0.15, 0.2) is 0 Å². The van der Waals surface area contributed by atoms with Gasteiger partial charge in [-0.3, -0.25) is 9.45 Å². The number of morpholine rings is 1. The van der Waals surface area contributed by atoms with E-state index in [-0.39, 0.29) is 4.90 Å². The normalized spacial score (nSPS) is 16.6. The monoisotopic (exact) mass is 337 g/mol. The van der Waals surface area contributed by atoms with Gasteiger partial charge < -0.3 is 9.47 Å². The van der Waals surface area contributed by atoms with E-state index in [1.54, 1.807) is 12.1 Å². The van der Waals surface area contributed by atoms with Crippen LogP contribution in [0.2, 0.25) is 0 Å². The minimum Gasteiger partial charge on any atom is -0.492 e. The Morgan fingerprint density at radius 2 is 1.96 bits per heavy atom. The molecule has 1 saturated heterocycles. The molecule has 0 bridgehead atoms. The molecular formula is C16H19NO5S. The van der Waals surface area contributed by atoms with E-state index >= 15 is 0 Å². The van der Waals surface area contributed by atoms with Crippen molar-refractivity contribution >= 4 is 20.9 Å². The van der Waals surface area contributed by atoms with Gasteiger partial charge >= 0.3 is 0 Å². The third kappa shape index (κ3) is 4.00. The molecule has 1 heterocycles. The molecule has 1 aliphatic rings. The van der Waals surface area contributed by atoms with Crippen LogP contribution in [0.5, 0.6) is 5.75 Å². The standard InChI is InChI=1S/C16H19NO5S/c18-23(19,20)14-5-4-13-2-1-3-16(15(13)12-14)22-11-8-17-6-9-21-10-7-17/h1-5,12H,6-11H2,(H,18,19,20). The summed E-state index contributed by atoms with van der Waals surface area (Å²) < 4.78 is 42.9. The van der Waals surface area contributed by atoms with Gasteiger partial charge in [0, 0.05) is 25.0 Å². The first-order valence-electron chi connectivity index (χ1n) is 7.47. The lowest BCUT2D eigenvalue weighted by atomic mass is 10.1. The van der Waals surface area contributed by atoms with Crippen molar-refractivity contribution in [2.24, 2.45) is 0 Å². The zero-order valence-electron chi connectivity index (χ0n) is 12.6. The van der Waals surface area contributed by atoms with Crippen LogP contribution in [0, 0.1) is 0 Å². The predicted molar refractivity (Wildman–Crippen MR) is 86.5 cm³/mol. The number of benzene rings is 2. The van der Waals surface area contributed by atoms with Crippen LogP contribution in [0.15, 0.2) is 41.3 Å². The zero-order valence-corrected chi connectivity index (χ0v) is 13.5. The van der Waals surface area contributed by atoms with E-state index in [1.807, 2.05) is 12.1 Å². The zero-order chi connectivity index (χ0) is 16.3. The average molecular weight is 337 g/mol. The number of fused-ring (bicyclic) bond motifs is 1. The molecule has 1 N–H and O–H groups in total.